The standard InChI is InChI=1S/C17H11Cl2N3O3S/c1-21-16(23)15(9-10-2-7-13(19)14(8-10)22(24)25)26-17(21)20-12-5-3-11(18)4-6-12/h2-9H,1H3/b15-9+,20-17?. The number of nitro groups is 1. The minimum absolute atomic E-state index is 0.0460. The number of nitro benzene ring substituents is 1. The predicted octanol–water partition coefficient (Wildman–Crippen LogP) is 5.14. The van der Waals surface area contributed by atoms with Crippen LogP contribution in [0.3, 0.4) is 0 Å². The van der Waals surface area contributed by atoms with Gasteiger partial charge in [0, 0.05) is 18.1 Å². The highest BCUT2D eigenvalue weighted by atomic mass is 35.5. The Hall–Kier alpha value is -2.35. The summed E-state index contributed by atoms with van der Waals surface area (Å²) in [6.45, 7) is 0. The maximum atomic E-state index is 12.4. The number of rotatable bonds is 3. The third-order valence-electron chi connectivity index (χ3n) is 3.52. The molecular formula is C17H11Cl2N3O3S. The highest BCUT2D eigenvalue weighted by molar-refractivity contribution is 8.18. The number of likely N-dealkylation sites (N-methyl/N-ethyl adjacent to an activating group) is 1. The molecule has 26 heavy (non-hydrogen) atoms. The molecule has 0 N–H and O–H groups in total. The van der Waals surface area contributed by atoms with E-state index in [2.05, 4.69) is 4.99 Å². The quantitative estimate of drug-likeness (QED) is 0.401. The van der Waals surface area contributed by atoms with Crippen molar-refractivity contribution in [2.75, 3.05) is 7.05 Å². The SMILES string of the molecule is CN1C(=O)/C(=C\c2ccc(Cl)c([N+](=O)[O-])c2)SC1=Nc1ccc(Cl)cc1. The molecule has 0 saturated carbocycles. The normalized spacial score (nSPS) is 17.3. The molecule has 132 valence electrons. The van der Waals surface area contributed by atoms with Crippen molar-refractivity contribution in [3.05, 3.63) is 73.1 Å². The van der Waals surface area contributed by atoms with Crippen molar-refractivity contribution >= 4 is 63.5 Å². The Morgan fingerprint density at radius 2 is 1.88 bits per heavy atom. The largest absolute Gasteiger partial charge is 0.290 e. The summed E-state index contributed by atoms with van der Waals surface area (Å²) in [6.07, 6.45) is 1.58. The van der Waals surface area contributed by atoms with Crippen LogP contribution in [-0.4, -0.2) is 27.9 Å². The molecule has 9 heteroatoms. The zero-order chi connectivity index (χ0) is 18.8. The molecule has 0 spiro atoms. The fraction of sp³-hybridized carbons (Fsp3) is 0.0588. The van der Waals surface area contributed by atoms with E-state index in [-0.39, 0.29) is 16.6 Å². The summed E-state index contributed by atoms with van der Waals surface area (Å²) in [5, 5.41) is 12.2. The molecular weight excluding hydrogens is 397 g/mol. The Morgan fingerprint density at radius 1 is 1.19 bits per heavy atom. The molecule has 0 aromatic heterocycles. The first-order chi connectivity index (χ1) is 12.3. The number of nitrogens with zero attached hydrogens (tertiary/aromatic N) is 3. The minimum Gasteiger partial charge on any atom is -0.290 e. The fourth-order valence-corrected chi connectivity index (χ4v) is 3.49. The molecule has 0 unspecified atom stereocenters. The van der Waals surface area contributed by atoms with Crippen LogP contribution in [0.4, 0.5) is 11.4 Å². The predicted molar refractivity (Wildman–Crippen MR) is 105 cm³/mol. The number of halogens is 2. The van der Waals surface area contributed by atoms with Crippen LogP contribution in [0, 0.1) is 10.1 Å². The van der Waals surface area contributed by atoms with Crippen LogP contribution in [0.5, 0.6) is 0 Å². The molecule has 1 heterocycles. The Bertz CT molecular complexity index is 958. The first kappa shape index (κ1) is 18.4. The Labute approximate surface area is 163 Å². The third kappa shape index (κ3) is 3.90. The van der Waals surface area contributed by atoms with E-state index in [1.807, 2.05) is 0 Å². The number of carbonyl (C=O) groups excluding carboxylic acids is 1. The van der Waals surface area contributed by atoms with Crippen molar-refractivity contribution in [3.8, 4) is 0 Å². The summed E-state index contributed by atoms with van der Waals surface area (Å²) in [7, 11) is 1.62. The first-order valence-electron chi connectivity index (χ1n) is 7.31. The zero-order valence-corrected chi connectivity index (χ0v) is 15.7. The van der Waals surface area contributed by atoms with Gasteiger partial charge in [-0.3, -0.25) is 19.8 Å². The second-order valence-corrected chi connectivity index (χ2v) is 7.17. The van der Waals surface area contributed by atoms with Gasteiger partial charge in [-0.1, -0.05) is 29.3 Å². The molecule has 1 amide bonds. The van der Waals surface area contributed by atoms with Crippen molar-refractivity contribution in [2.24, 2.45) is 4.99 Å². The van der Waals surface area contributed by atoms with E-state index >= 15 is 0 Å². The monoisotopic (exact) mass is 407 g/mol. The molecule has 1 aliphatic heterocycles. The number of hydrogen-bond donors (Lipinski definition) is 0. The van der Waals surface area contributed by atoms with Gasteiger partial charge >= 0.3 is 0 Å². The summed E-state index contributed by atoms with van der Waals surface area (Å²) >= 11 is 12.9. The van der Waals surface area contributed by atoms with Crippen LogP contribution < -0.4 is 0 Å². The summed E-state index contributed by atoms with van der Waals surface area (Å²) in [6, 6.07) is 11.3. The molecule has 1 saturated heterocycles. The van der Waals surface area contributed by atoms with Crippen LogP contribution in [0.25, 0.3) is 6.08 Å². The van der Waals surface area contributed by atoms with E-state index in [0.717, 1.165) is 0 Å². The van der Waals surface area contributed by atoms with Crippen molar-refractivity contribution in [1.82, 2.24) is 4.90 Å². The van der Waals surface area contributed by atoms with Crippen molar-refractivity contribution in [2.45, 2.75) is 0 Å². The molecule has 0 atom stereocenters. The van der Waals surface area contributed by atoms with Crippen LogP contribution in [0.15, 0.2) is 52.4 Å². The zero-order valence-electron chi connectivity index (χ0n) is 13.3. The van der Waals surface area contributed by atoms with E-state index in [0.29, 0.717) is 26.3 Å². The van der Waals surface area contributed by atoms with Crippen LogP contribution in [0.1, 0.15) is 5.56 Å². The highest BCUT2D eigenvalue weighted by Crippen LogP contribution is 2.34. The average molecular weight is 408 g/mol. The molecule has 2 aromatic rings. The highest BCUT2D eigenvalue weighted by Gasteiger charge is 2.30. The van der Waals surface area contributed by atoms with Crippen LogP contribution in [0.2, 0.25) is 10.0 Å². The van der Waals surface area contributed by atoms with E-state index in [9.17, 15) is 14.9 Å². The molecule has 6 nitrogen and oxygen atoms in total. The number of carbonyl (C=O) groups is 1. The van der Waals surface area contributed by atoms with Gasteiger partial charge < -0.3 is 0 Å². The number of amidine groups is 1. The van der Waals surface area contributed by atoms with Crippen molar-refractivity contribution in [3.63, 3.8) is 0 Å². The van der Waals surface area contributed by atoms with Gasteiger partial charge in [-0.2, -0.15) is 0 Å². The van der Waals surface area contributed by atoms with Gasteiger partial charge in [-0.25, -0.2) is 4.99 Å². The van der Waals surface area contributed by atoms with Gasteiger partial charge in [0.15, 0.2) is 5.17 Å². The lowest BCUT2D eigenvalue weighted by molar-refractivity contribution is -0.384. The van der Waals surface area contributed by atoms with Gasteiger partial charge in [0.1, 0.15) is 5.02 Å². The van der Waals surface area contributed by atoms with Gasteiger partial charge in [-0.05, 0) is 53.7 Å². The lowest BCUT2D eigenvalue weighted by Crippen LogP contribution is -2.23. The van der Waals surface area contributed by atoms with Crippen LogP contribution >= 0.6 is 35.0 Å². The lowest BCUT2D eigenvalue weighted by Gasteiger charge is -2.07. The van der Waals surface area contributed by atoms with E-state index in [1.165, 1.54) is 28.8 Å². The molecule has 1 aliphatic rings. The molecule has 0 radical (unpaired) electrons. The number of aliphatic imine (C=N–C) groups is 1. The van der Waals surface area contributed by atoms with E-state index in [1.54, 1.807) is 43.5 Å². The Morgan fingerprint density at radius 3 is 2.54 bits per heavy atom. The second kappa shape index (κ2) is 7.49. The van der Waals surface area contributed by atoms with Crippen LogP contribution in [-0.2, 0) is 4.79 Å². The van der Waals surface area contributed by atoms with Gasteiger partial charge in [0.2, 0.25) is 0 Å². The van der Waals surface area contributed by atoms with Gasteiger partial charge in [0.05, 0.1) is 15.5 Å². The van der Waals surface area contributed by atoms with Gasteiger partial charge in [0.25, 0.3) is 11.6 Å². The maximum Gasteiger partial charge on any atom is 0.288 e. The summed E-state index contributed by atoms with van der Waals surface area (Å²) in [5.74, 6) is -0.236. The molecule has 3 rings (SSSR count). The van der Waals surface area contributed by atoms with Crippen molar-refractivity contribution in [1.29, 1.82) is 0 Å². The molecule has 2 aromatic carbocycles. The second-order valence-electron chi connectivity index (χ2n) is 5.31. The molecule has 0 bridgehead atoms. The molecule has 0 aliphatic carbocycles. The fourth-order valence-electron chi connectivity index (χ4n) is 2.19. The number of benzene rings is 2. The Kier molecular flexibility index (Phi) is 5.31. The van der Waals surface area contributed by atoms with E-state index < -0.39 is 4.92 Å². The third-order valence-corrected chi connectivity index (χ3v) is 5.15. The maximum absolute atomic E-state index is 12.4. The van der Waals surface area contributed by atoms with Crippen molar-refractivity contribution < 1.29 is 9.72 Å². The smallest absolute Gasteiger partial charge is 0.288 e. The number of thioether (sulfide) groups is 1. The summed E-state index contributed by atoms with van der Waals surface area (Å²) in [5.41, 5.74) is 0.970. The first-order valence-corrected chi connectivity index (χ1v) is 8.88. The minimum atomic E-state index is -0.562. The average Bonchev–Trinajstić information content (AvgIpc) is 2.86. The lowest BCUT2D eigenvalue weighted by atomic mass is 10.2. The summed E-state index contributed by atoms with van der Waals surface area (Å²) in [4.78, 5) is 29.1. The number of hydrogen-bond acceptors (Lipinski definition) is 5. The molecule has 1 fully saturated rings. The van der Waals surface area contributed by atoms with Gasteiger partial charge in [-0.15, -0.1) is 0 Å². The Balaban J connectivity index is 1.91. The van der Waals surface area contributed by atoms with E-state index in [4.69, 9.17) is 23.2 Å². The number of amides is 1. The topological polar surface area (TPSA) is 75.8 Å². The summed E-state index contributed by atoms with van der Waals surface area (Å²) < 4.78 is 0.